The Morgan fingerprint density at radius 3 is 2.48 bits per heavy atom. The van der Waals surface area contributed by atoms with Crippen LogP contribution in [-0.2, 0) is 9.59 Å². The molecule has 1 aromatic heterocycles. The highest BCUT2D eigenvalue weighted by Crippen LogP contribution is 2.18. The number of amides is 2. The van der Waals surface area contributed by atoms with E-state index in [9.17, 15) is 14.4 Å². The van der Waals surface area contributed by atoms with Gasteiger partial charge in [0.1, 0.15) is 5.58 Å². The summed E-state index contributed by atoms with van der Waals surface area (Å²) >= 11 is 0. The van der Waals surface area contributed by atoms with Crippen molar-refractivity contribution in [3.8, 4) is 0 Å². The number of halogens is 1. The molecule has 0 spiro atoms. The Balaban J connectivity index is 0.00000220. The molecule has 8 heteroatoms. The third-order valence-corrected chi connectivity index (χ3v) is 2.53. The van der Waals surface area contributed by atoms with Gasteiger partial charge in [-0.15, -0.1) is 12.4 Å². The Kier molecular flexibility index (Phi) is 5.74. The summed E-state index contributed by atoms with van der Waals surface area (Å²) in [6.45, 7) is 0. The molecule has 0 radical (unpaired) electrons. The first-order valence-corrected chi connectivity index (χ1v) is 5.86. The van der Waals surface area contributed by atoms with Gasteiger partial charge in [-0.2, -0.15) is 0 Å². The predicted molar refractivity (Wildman–Crippen MR) is 75.9 cm³/mol. The normalized spacial score (nSPS) is 9.71. The van der Waals surface area contributed by atoms with Crippen LogP contribution in [0.3, 0.4) is 0 Å². The summed E-state index contributed by atoms with van der Waals surface area (Å²) in [6.07, 6.45) is -0.512. The molecule has 0 saturated carbocycles. The van der Waals surface area contributed by atoms with Gasteiger partial charge in [-0.3, -0.25) is 25.2 Å². The number of para-hydroxylation sites is 1. The number of furan rings is 1. The Morgan fingerprint density at radius 1 is 1.10 bits per heavy atom. The minimum absolute atomic E-state index is 0. The van der Waals surface area contributed by atoms with Crippen LogP contribution in [-0.4, -0.2) is 22.9 Å². The van der Waals surface area contributed by atoms with Gasteiger partial charge in [0.05, 0.1) is 6.42 Å². The van der Waals surface area contributed by atoms with Gasteiger partial charge in [0, 0.05) is 11.8 Å². The van der Waals surface area contributed by atoms with Crippen molar-refractivity contribution in [2.75, 3.05) is 0 Å². The molecule has 21 heavy (non-hydrogen) atoms. The largest absolute Gasteiger partial charge is 0.481 e. The Labute approximate surface area is 125 Å². The van der Waals surface area contributed by atoms with Gasteiger partial charge in [-0.25, -0.2) is 0 Å². The maximum absolute atomic E-state index is 11.7. The average molecular weight is 313 g/mol. The average Bonchev–Trinajstić information content (AvgIpc) is 2.86. The highest BCUT2D eigenvalue weighted by atomic mass is 35.5. The highest BCUT2D eigenvalue weighted by Gasteiger charge is 2.13. The van der Waals surface area contributed by atoms with E-state index in [1.807, 2.05) is 6.07 Å². The number of hydrazine groups is 1. The van der Waals surface area contributed by atoms with Gasteiger partial charge >= 0.3 is 11.9 Å². The number of carboxylic acid groups (broad SMARTS) is 1. The lowest BCUT2D eigenvalue weighted by molar-refractivity contribution is -0.138. The fraction of sp³-hybridized carbons (Fsp3) is 0.154. The summed E-state index contributed by atoms with van der Waals surface area (Å²) < 4.78 is 5.30. The predicted octanol–water partition coefficient (Wildman–Crippen LogP) is 1.48. The number of nitrogens with one attached hydrogen (secondary N) is 2. The number of fused-ring (bicyclic) bond motifs is 1. The van der Waals surface area contributed by atoms with Gasteiger partial charge < -0.3 is 9.52 Å². The molecule has 0 aliphatic rings. The molecule has 0 fully saturated rings. The SMILES string of the molecule is Cl.O=C(O)CCC(=O)NNC(=O)c1cc2ccccc2o1. The van der Waals surface area contributed by atoms with Crippen molar-refractivity contribution in [2.45, 2.75) is 12.8 Å². The van der Waals surface area contributed by atoms with E-state index >= 15 is 0 Å². The van der Waals surface area contributed by atoms with E-state index in [2.05, 4.69) is 10.9 Å². The van der Waals surface area contributed by atoms with Crippen LogP contribution in [0.5, 0.6) is 0 Å². The number of hydrogen-bond acceptors (Lipinski definition) is 4. The van der Waals surface area contributed by atoms with E-state index in [-0.39, 0.29) is 31.0 Å². The topological polar surface area (TPSA) is 109 Å². The van der Waals surface area contributed by atoms with Crippen molar-refractivity contribution in [2.24, 2.45) is 0 Å². The molecule has 0 saturated heterocycles. The van der Waals surface area contributed by atoms with Crippen LogP contribution in [0, 0.1) is 0 Å². The summed E-state index contributed by atoms with van der Waals surface area (Å²) in [5, 5.41) is 9.19. The number of carbonyl (C=O) groups is 3. The Hall–Kier alpha value is -2.54. The number of benzene rings is 1. The fourth-order valence-electron chi connectivity index (χ4n) is 1.56. The van der Waals surface area contributed by atoms with Gasteiger partial charge in [0.2, 0.25) is 5.91 Å². The number of carboxylic acids is 1. The van der Waals surface area contributed by atoms with E-state index in [4.69, 9.17) is 9.52 Å². The molecule has 0 aliphatic carbocycles. The van der Waals surface area contributed by atoms with Crippen molar-refractivity contribution in [1.29, 1.82) is 0 Å². The summed E-state index contributed by atoms with van der Waals surface area (Å²) in [6, 6.07) is 8.65. The van der Waals surface area contributed by atoms with Crippen molar-refractivity contribution >= 4 is 41.2 Å². The molecule has 0 bridgehead atoms. The Morgan fingerprint density at radius 2 is 1.81 bits per heavy atom. The number of aliphatic carboxylic acids is 1. The van der Waals surface area contributed by atoms with Gasteiger partial charge in [0.25, 0.3) is 0 Å². The van der Waals surface area contributed by atoms with E-state index in [0.29, 0.717) is 5.58 Å². The minimum Gasteiger partial charge on any atom is -0.481 e. The Bertz CT molecular complexity index is 634. The molecule has 112 valence electrons. The molecular weight excluding hydrogens is 300 g/mol. The maximum atomic E-state index is 11.7. The van der Waals surface area contributed by atoms with E-state index in [1.165, 1.54) is 0 Å². The molecule has 3 N–H and O–H groups in total. The molecule has 7 nitrogen and oxygen atoms in total. The first-order chi connectivity index (χ1) is 9.56. The van der Waals surface area contributed by atoms with E-state index in [0.717, 1.165) is 5.39 Å². The second kappa shape index (κ2) is 7.30. The van der Waals surface area contributed by atoms with Crippen LogP contribution in [0.15, 0.2) is 34.7 Å². The molecule has 0 unspecified atom stereocenters. The van der Waals surface area contributed by atoms with E-state index < -0.39 is 17.8 Å². The van der Waals surface area contributed by atoms with Gasteiger partial charge in [-0.05, 0) is 12.1 Å². The van der Waals surface area contributed by atoms with Crippen LogP contribution in [0.1, 0.15) is 23.4 Å². The minimum atomic E-state index is -1.08. The summed E-state index contributed by atoms with van der Waals surface area (Å²) in [4.78, 5) is 33.2. The summed E-state index contributed by atoms with van der Waals surface area (Å²) in [7, 11) is 0. The summed E-state index contributed by atoms with van der Waals surface area (Å²) in [5.41, 5.74) is 4.84. The zero-order chi connectivity index (χ0) is 14.5. The second-order valence-electron chi connectivity index (χ2n) is 4.04. The fourth-order valence-corrected chi connectivity index (χ4v) is 1.56. The third kappa shape index (κ3) is 4.50. The third-order valence-electron chi connectivity index (χ3n) is 2.53. The first-order valence-electron chi connectivity index (χ1n) is 5.86. The van der Waals surface area contributed by atoms with Gasteiger partial charge in [0.15, 0.2) is 5.76 Å². The van der Waals surface area contributed by atoms with Crippen molar-refractivity contribution in [1.82, 2.24) is 10.9 Å². The number of rotatable bonds is 4. The zero-order valence-corrected chi connectivity index (χ0v) is 11.6. The smallest absolute Gasteiger partial charge is 0.305 e. The second-order valence-corrected chi connectivity index (χ2v) is 4.04. The van der Waals surface area contributed by atoms with Crippen molar-refractivity contribution in [3.63, 3.8) is 0 Å². The maximum Gasteiger partial charge on any atom is 0.305 e. The lowest BCUT2D eigenvalue weighted by Crippen LogP contribution is -2.41. The molecule has 2 aromatic rings. The van der Waals surface area contributed by atoms with Crippen molar-refractivity contribution in [3.05, 3.63) is 36.1 Å². The molecule has 2 amide bonds. The molecule has 2 rings (SSSR count). The zero-order valence-electron chi connectivity index (χ0n) is 10.8. The molecule has 0 atom stereocenters. The van der Waals surface area contributed by atoms with Crippen LogP contribution in [0.2, 0.25) is 0 Å². The number of carbonyl (C=O) groups excluding carboxylic acids is 2. The molecule has 1 aromatic carbocycles. The molecule has 1 heterocycles. The summed E-state index contributed by atoms with van der Waals surface area (Å²) in [5.74, 6) is -2.21. The lowest BCUT2D eigenvalue weighted by Gasteiger charge is -2.04. The number of hydrogen-bond donors (Lipinski definition) is 3. The van der Waals surface area contributed by atoms with Crippen LogP contribution in [0.4, 0.5) is 0 Å². The molecular formula is C13H13ClN2O5. The van der Waals surface area contributed by atoms with Crippen LogP contribution in [0.25, 0.3) is 11.0 Å². The lowest BCUT2D eigenvalue weighted by atomic mass is 10.2. The highest BCUT2D eigenvalue weighted by molar-refractivity contribution is 5.97. The first kappa shape index (κ1) is 16.5. The van der Waals surface area contributed by atoms with Gasteiger partial charge in [-0.1, -0.05) is 18.2 Å². The van der Waals surface area contributed by atoms with E-state index in [1.54, 1.807) is 24.3 Å². The molecule has 0 aliphatic heterocycles. The standard InChI is InChI=1S/C13H12N2O5.ClH/c16-11(5-6-12(17)18)14-15-13(19)10-7-8-3-1-2-4-9(8)20-10;/h1-4,7H,5-6H2,(H,14,16)(H,15,19)(H,17,18);1H. The van der Waals surface area contributed by atoms with Crippen LogP contribution < -0.4 is 10.9 Å². The van der Waals surface area contributed by atoms with Crippen molar-refractivity contribution < 1.29 is 23.9 Å². The van der Waals surface area contributed by atoms with Crippen LogP contribution >= 0.6 is 12.4 Å². The quantitative estimate of drug-likeness (QED) is 0.741. The monoisotopic (exact) mass is 312 g/mol.